The van der Waals surface area contributed by atoms with Gasteiger partial charge in [0.25, 0.3) is 0 Å². The summed E-state index contributed by atoms with van der Waals surface area (Å²) >= 11 is 0. The van der Waals surface area contributed by atoms with E-state index < -0.39 is 0 Å². The Morgan fingerprint density at radius 1 is 1.21 bits per heavy atom. The average Bonchev–Trinajstić information content (AvgIpc) is 2.69. The highest BCUT2D eigenvalue weighted by Gasteiger charge is 2.53. The summed E-state index contributed by atoms with van der Waals surface area (Å²) in [5.41, 5.74) is 4.58. The Hall–Kier alpha value is -1.46. The molecule has 5 heteroatoms. The molecule has 0 radical (unpaired) electrons. The number of carbonyl (C=O) groups is 1. The van der Waals surface area contributed by atoms with E-state index in [9.17, 15) is 9.18 Å². The van der Waals surface area contributed by atoms with Crippen molar-refractivity contribution in [1.29, 1.82) is 0 Å². The van der Waals surface area contributed by atoms with Crippen molar-refractivity contribution in [2.24, 2.45) is 17.3 Å². The fraction of sp³-hybridized carbons (Fsp3) is 0.708. The Kier molecular flexibility index (Phi) is 7.33. The summed E-state index contributed by atoms with van der Waals surface area (Å²) in [6, 6.07) is 11.0. The molecule has 162 valence electrons. The van der Waals surface area contributed by atoms with E-state index in [1.807, 2.05) is 0 Å². The van der Waals surface area contributed by atoms with E-state index in [4.69, 9.17) is 0 Å². The molecular weight excluding hydrogens is 365 g/mol. The van der Waals surface area contributed by atoms with Crippen molar-refractivity contribution in [3.8, 4) is 0 Å². The minimum Gasteiger partial charge on any atom is -0.314 e. The lowest BCUT2D eigenvalue weighted by Gasteiger charge is -2.54. The van der Waals surface area contributed by atoms with Crippen molar-refractivity contribution in [2.75, 3.05) is 32.9 Å². The lowest BCUT2D eigenvalue weighted by atomic mass is 9.50. The Bertz CT molecular complexity index is 659. The molecular formula is C24H38FN3O. The number of nitrogens with one attached hydrogen (secondary N) is 2. The highest BCUT2D eigenvalue weighted by Crippen LogP contribution is 2.58. The van der Waals surface area contributed by atoms with Crippen molar-refractivity contribution < 1.29 is 9.18 Å². The van der Waals surface area contributed by atoms with Gasteiger partial charge in [0, 0.05) is 31.6 Å². The van der Waals surface area contributed by atoms with E-state index in [2.05, 4.69) is 59.9 Å². The number of hydrazine groups is 1. The first-order valence-electron chi connectivity index (χ1n) is 11.3. The molecule has 3 aliphatic rings. The van der Waals surface area contributed by atoms with Gasteiger partial charge in [-0.3, -0.25) is 14.6 Å². The summed E-state index contributed by atoms with van der Waals surface area (Å²) in [5, 5.41) is 5.45. The summed E-state index contributed by atoms with van der Waals surface area (Å²) < 4.78 is 10.3. The Labute approximate surface area is 175 Å². The molecule has 1 aliphatic heterocycles. The molecule has 4 atom stereocenters. The first kappa shape index (κ1) is 22.2. The van der Waals surface area contributed by atoms with Crippen LogP contribution < -0.4 is 10.7 Å². The van der Waals surface area contributed by atoms with Crippen molar-refractivity contribution in [2.45, 2.75) is 58.3 Å². The van der Waals surface area contributed by atoms with Crippen LogP contribution in [0.2, 0.25) is 0 Å². The number of benzene rings is 1. The van der Waals surface area contributed by atoms with Crippen LogP contribution in [0.5, 0.6) is 0 Å². The van der Waals surface area contributed by atoms with Gasteiger partial charge in [-0.15, -0.1) is 0 Å². The normalized spacial score (nSPS) is 34.6. The zero-order chi connectivity index (χ0) is 20.9. The molecule has 0 aromatic heterocycles. The van der Waals surface area contributed by atoms with E-state index >= 15 is 0 Å². The van der Waals surface area contributed by atoms with Crippen LogP contribution in [0.25, 0.3) is 0 Å². The van der Waals surface area contributed by atoms with E-state index in [-0.39, 0.29) is 23.4 Å². The molecule has 3 fully saturated rings. The molecule has 2 aliphatic carbocycles. The predicted molar refractivity (Wildman–Crippen MR) is 116 cm³/mol. The molecule has 4 unspecified atom stereocenters. The number of nitrogens with zero attached hydrogens (tertiary/aromatic N) is 1. The van der Waals surface area contributed by atoms with Crippen LogP contribution in [0.3, 0.4) is 0 Å². The fourth-order valence-electron chi connectivity index (χ4n) is 6.15. The van der Waals surface area contributed by atoms with Crippen LogP contribution in [-0.4, -0.2) is 43.8 Å². The lowest BCUT2D eigenvalue weighted by molar-refractivity contribution is -0.142. The molecule has 1 aromatic carbocycles. The third-order valence-electron chi connectivity index (χ3n) is 6.93. The first-order valence-corrected chi connectivity index (χ1v) is 11.3. The van der Waals surface area contributed by atoms with Gasteiger partial charge >= 0.3 is 0 Å². The summed E-state index contributed by atoms with van der Waals surface area (Å²) in [6.07, 6.45) is 5.74. The van der Waals surface area contributed by atoms with Gasteiger partial charge in [0.15, 0.2) is 0 Å². The summed E-state index contributed by atoms with van der Waals surface area (Å²) in [6.45, 7) is 9.51. The predicted octanol–water partition coefficient (Wildman–Crippen LogP) is 4.07. The van der Waals surface area contributed by atoms with E-state index in [0.717, 1.165) is 44.9 Å². The maximum Gasteiger partial charge on any atom is 0.240 e. The van der Waals surface area contributed by atoms with Gasteiger partial charge in [-0.2, -0.15) is 0 Å². The number of amides is 1. The standard InChI is InChI=1S/C22H33N3O.C2H5F/c1-17-12-18-14-21(2,20(26)24-25-10-8-23-9-11-25)16-22(13-17,15-18)19-6-4-3-5-7-19;1-2-3/h3-7,17-18,23H,8-16H2,1-2H3,(H,24,26);2H2,1H3. The van der Waals surface area contributed by atoms with Crippen molar-refractivity contribution in [3.63, 3.8) is 0 Å². The number of hydrogen-bond acceptors (Lipinski definition) is 3. The molecule has 1 heterocycles. The summed E-state index contributed by atoms with van der Waals surface area (Å²) in [5.74, 6) is 1.64. The topological polar surface area (TPSA) is 44.4 Å². The smallest absolute Gasteiger partial charge is 0.240 e. The number of fused-ring (bicyclic) bond motifs is 2. The van der Waals surface area contributed by atoms with Gasteiger partial charge < -0.3 is 5.32 Å². The Morgan fingerprint density at radius 2 is 1.86 bits per heavy atom. The highest BCUT2D eigenvalue weighted by molar-refractivity contribution is 5.82. The molecule has 1 saturated heterocycles. The van der Waals surface area contributed by atoms with Crippen molar-refractivity contribution in [3.05, 3.63) is 35.9 Å². The third-order valence-corrected chi connectivity index (χ3v) is 6.93. The van der Waals surface area contributed by atoms with Crippen molar-refractivity contribution >= 4 is 5.91 Å². The van der Waals surface area contributed by atoms with Gasteiger partial charge in [0.2, 0.25) is 5.91 Å². The number of halogens is 1. The van der Waals surface area contributed by atoms with Crippen LogP contribution in [0.15, 0.2) is 30.3 Å². The molecule has 4 nitrogen and oxygen atoms in total. The number of alkyl halides is 1. The molecule has 2 N–H and O–H groups in total. The van der Waals surface area contributed by atoms with Crippen LogP contribution in [-0.2, 0) is 10.2 Å². The van der Waals surface area contributed by atoms with Crippen LogP contribution in [0.1, 0.15) is 58.4 Å². The Balaban J connectivity index is 0.000000755. The van der Waals surface area contributed by atoms with E-state index in [1.165, 1.54) is 31.7 Å². The maximum absolute atomic E-state index is 13.3. The van der Waals surface area contributed by atoms with Crippen LogP contribution >= 0.6 is 0 Å². The highest BCUT2D eigenvalue weighted by atomic mass is 19.1. The van der Waals surface area contributed by atoms with Gasteiger partial charge in [-0.1, -0.05) is 44.2 Å². The van der Waals surface area contributed by atoms with Crippen LogP contribution in [0.4, 0.5) is 4.39 Å². The molecule has 1 aromatic rings. The average molecular weight is 404 g/mol. The third kappa shape index (κ3) is 5.18. The zero-order valence-corrected chi connectivity index (χ0v) is 18.3. The summed E-state index contributed by atoms with van der Waals surface area (Å²) in [7, 11) is 0. The first-order chi connectivity index (χ1) is 13.9. The zero-order valence-electron chi connectivity index (χ0n) is 18.3. The maximum atomic E-state index is 13.3. The van der Waals surface area contributed by atoms with Gasteiger partial charge in [-0.25, -0.2) is 5.01 Å². The SMILES string of the molecule is CC1CC2CC(C)(C(=O)NN3CCNCC3)CC(c3ccccc3)(C1)C2.CCF. The molecule has 1 amide bonds. The number of rotatable bonds is 3. The van der Waals surface area contributed by atoms with Gasteiger partial charge in [-0.05, 0) is 61.8 Å². The Morgan fingerprint density at radius 3 is 2.52 bits per heavy atom. The second kappa shape index (κ2) is 9.57. The van der Waals surface area contributed by atoms with Crippen LogP contribution in [0, 0.1) is 17.3 Å². The van der Waals surface area contributed by atoms with Gasteiger partial charge in [0.1, 0.15) is 0 Å². The second-order valence-electron chi connectivity index (χ2n) is 9.65. The quantitative estimate of drug-likeness (QED) is 0.800. The van der Waals surface area contributed by atoms with Crippen molar-refractivity contribution in [1.82, 2.24) is 15.8 Å². The largest absolute Gasteiger partial charge is 0.314 e. The monoisotopic (exact) mass is 403 g/mol. The second-order valence-corrected chi connectivity index (χ2v) is 9.65. The fourth-order valence-corrected chi connectivity index (χ4v) is 6.15. The number of piperazine rings is 1. The minimum atomic E-state index is -0.274. The van der Waals surface area contributed by atoms with Gasteiger partial charge in [0.05, 0.1) is 6.67 Å². The molecule has 0 spiro atoms. The van der Waals surface area contributed by atoms with E-state index in [0.29, 0.717) is 5.92 Å². The molecule has 2 bridgehead atoms. The molecule has 29 heavy (non-hydrogen) atoms. The summed E-state index contributed by atoms with van der Waals surface area (Å²) in [4.78, 5) is 13.3. The minimum absolute atomic E-state index is 0.164. The lowest BCUT2D eigenvalue weighted by Crippen LogP contribution is -2.58. The molecule has 4 rings (SSSR count). The number of hydrogen-bond donors (Lipinski definition) is 2. The number of carbonyl (C=O) groups excluding carboxylic acids is 1. The molecule has 2 saturated carbocycles. The van der Waals surface area contributed by atoms with E-state index in [1.54, 1.807) is 0 Å².